The SMILES string of the molecule is CBC1(Br)C(=O)NN=C1C. The fraction of sp³-hybridized carbons (Fsp3) is 0.600. The van der Waals surface area contributed by atoms with Crippen molar-refractivity contribution in [2.45, 2.75) is 18.0 Å². The van der Waals surface area contributed by atoms with Crippen molar-refractivity contribution in [1.82, 2.24) is 5.43 Å². The maximum atomic E-state index is 11.1. The number of halogens is 1. The predicted molar refractivity (Wildman–Crippen MR) is 45.9 cm³/mol. The van der Waals surface area contributed by atoms with Gasteiger partial charge in [-0.3, -0.25) is 4.79 Å². The van der Waals surface area contributed by atoms with Crippen molar-refractivity contribution in [1.29, 1.82) is 0 Å². The van der Waals surface area contributed by atoms with E-state index in [1.54, 1.807) is 0 Å². The zero-order valence-electron chi connectivity index (χ0n) is 5.94. The monoisotopic (exact) mass is 202 g/mol. The molecule has 0 aromatic carbocycles. The van der Waals surface area contributed by atoms with E-state index >= 15 is 0 Å². The van der Waals surface area contributed by atoms with Gasteiger partial charge in [-0.2, -0.15) is 5.10 Å². The van der Waals surface area contributed by atoms with Gasteiger partial charge in [0.25, 0.3) is 5.91 Å². The Balaban J connectivity index is 2.92. The number of hydrogen-bond acceptors (Lipinski definition) is 2. The maximum Gasteiger partial charge on any atom is 0.254 e. The lowest BCUT2D eigenvalue weighted by Gasteiger charge is -2.14. The summed E-state index contributed by atoms with van der Waals surface area (Å²) in [5, 5.41) is 3.81. The van der Waals surface area contributed by atoms with E-state index in [-0.39, 0.29) is 5.91 Å². The van der Waals surface area contributed by atoms with Gasteiger partial charge in [-0.1, -0.05) is 22.8 Å². The molecule has 3 nitrogen and oxygen atoms in total. The minimum atomic E-state index is -0.535. The lowest BCUT2D eigenvalue weighted by Crippen LogP contribution is -2.42. The van der Waals surface area contributed by atoms with Gasteiger partial charge in [0, 0.05) is 0 Å². The number of hydrogen-bond donors (Lipinski definition) is 1. The van der Waals surface area contributed by atoms with Gasteiger partial charge in [0.1, 0.15) is 4.22 Å². The van der Waals surface area contributed by atoms with Crippen LogP contribution < -0.4 is 5.43 Å². The number of alkyl halides is 1. The first kappa shape index (κ1) is 7.79. The van der Waals surface area contributed by atoms with Crippen LogP contribution in [0, 0.1) is 0 Å². The Bertz CT molecular complexity index is 206. The van der Waals surface area contributed by atoms with Gasteiger partial charge in [0.2, 0.25) is 0 Å². The third kappa shape index (κ3) is 0.886. The van der Waals surface area contributed by atoms with Crippen molar-refractivity contribution in [2.75, 3.05) is 0 Å². The van der Waals surface area contributed by atoms with E-state index in [1.165, 1.54) is 0 Å². The van der Waals surface area contributed by atoms with Crippen LogP contribution in [0.15, 0.2) is 5.10 Å². The zero-order chi connectivity index (χ0) is 7.78. The zero-order valence-corrected chi connectivity index (χ0v) is 7.53. The fourth-order valence-electron chi connectivity index (χ4n) is 0.893. The normalized spacial score (nSPS) is 31.5. The summed E-state index contributed by atoms with van der Waals surface area (Å²) < 4.78 is -0.535. The van der Waals surface area contributed by atoms with Gasteiger partial charge in [0.15, 0.2) is 7.28 Å². The van der Waals surface area contributed by atoms with E-state index in [2.05, 4.69) is 26.5 Å². The molecule has 0 bridgehead atoms. The van der Waals surface area contributed by atoms with E-state index in [9.17, 15) is 4.79 Å². The molecule has 5 heteroatoms. The second kappa shape index (κ2) is 2.38. The van der Waals surface area contributed by atoms with Crippen LogP contribution in [-0.4, -0.2) is 23.1 Å². The van der Waals surface area contributed by atoms with Crippen LogP contribution in [-0.2, 0) is 4.79 Å². The molecule has 54 valence electrons. The molecular weight excluding hydrogens is 195 g/mol. The van der Waals surface area contributed by atoms with E-state index < -0.39 is 4.22 Å². The largest absolute Gasteiger partial charge is 0.272 e. The van der Waals surface area contributed by atoms with E-state index in [4.69, 9.17) is 0 Å². The number of carbonyl (C=O) groups excluding carboxylic acids is 1. The molecule has 0 aliphatic carbocycles. The molecule has 0 saturated carbocycles. The summed E-state index contributed by atoms with van der Waals surface area (Å²) in [4.78, 5) is 11.1. The van der Waals surface area contributed by atoms with Crippen LogP contribution in [0.1, 0.15) is 6.92 Å². The Morgan fingerprint density at radius 1 is 1.80 bits per heavy atom. The first-order chi connectivity index (χ1) is 4.61. The molecule has 1 N–H and O–H groups in total. The summed E-state index contributed by atoms with van der Waals surface area (Å²) in [5.74, 6) is -0.0625. The van der Waals surface area contributed by atoms with Crippen LogP contribution >= 0.6 is 15.9 Å². The minimum absolute atomic E-state index is 0.0625. The maximum absolute atomic E-state index is 11.1. The highest BCUT2D eigenvalue weighted by Gasteiger charge is 2.41. The fourth-order valence-corrected chi connectivity index (χ4v) is 1.07. The Morgan fingerprint density at radius 2 is 2.40 bits per heavy atom. The Labute approximate surface area is 68.6 Å². The molecule has 0 spiro atoms. The summed E-state index contributed by atoms with van der Waals surface area (Å²) in [6, 6.07) is 0. The van der Waals surface area contributed by atoms with Gasteiger partial charge in [-0.15, -0.1) is 0 Å². The topological polar surface area (TPSA) is 41.5 Å². The molecular formula is C5H8BBrN2O. The van der Waals surface area contributed by atoms with Gasteiger partial charge < -0.3 is 0 Å². The molecule has 1 aliphatic heterocycles. The second-order valence-electron chi connectivity index (χ2n) is 2.29. The van der Waals surface area contributed by atoms with Crippen molar-refractivity contribution in [2.24, 2.45) is 5.10 Å². The minimum Gasteiger partial charge on any atom is -0.272 e. The average Bonchev–Trinajstić information content (AvgIpc) is 2.18. The van der Waals surface area contributed by atoms with Crippen LogP contribution in [0.5, 0.6) is 0 Å². The Kier molecular flexibility index (Phi) is 1.85. The second-order valence-corrected chi connectivity index (χ2v) is 3.65. The van der Waals surface area contributed by atoms with E-state index in [0.717, 1.165) is 13.0 Å². The molecule has 1 amide bonds. The number of carbonyl (C=O) groups is 1. The standard InChI is InChI=1S/C5H8BBrN2O/c1-3-5(7,6-2)4(10)9-8-3/h6H,1-2H3,(H,9,10). The highest BCUT2D eigenvalue weighted by Crippen LogP contribution is 2.22. The summed E-state index contributed by atoms with van der Waals surface area (Å²) >= 11 is 3.33. The van der Waals surface area contributed by atoms with Crippen molar-refractivity contribution in [3.05, 3.63) is 0 Å². The molecule has 0 aromatic heterocycles. The summed E-state index contributed by atoms with van der Waals surface area (Å²) in [5.41, 5.74) is 3.22. The van der Waals surface area contributed by atoms with Gasteiger partial charge >= 0.3 is 0 Å². The number of hydrazone groups is 1. The van der Waals surface area contributed by atoms with E-state index in [1.807, 2.05) is 13.7 Å². The number of nitrogens with zero attached hydrogens (tertiary/aromatic N) is 1. The highest BCUT2D eigenvalue weighted by molar-refractivity contribution is 9.11. The molecule has 1 aliphatic rings. The third-order valence-corrected chi connectivity index (χ3v) is 3.24. The Hall–Kier alpha value is -0.315. The smallest absolute Gasteiger partial charge is 0.254 e. The summed E-state index contributed by atoms with van der Waals surface area (Å²) in [7, 11) is 0.730. The number of amides is 1. The van der Waals surface area contributed by atoms with Crippen LogP contribution in [0.25, 0.3) is 0 Å². The Morgan fingerprint density at radius 3 is 2.60 bits per heavy atom. The molecule has 0 saturated heterocycles. The van der Waals surface area contributed by atoms with Crippen molar-refractivity contribution in [3.63, 3.8) is 0 Å². The first-order valence-corrected chi connectivity index (χ1v) is 3.94. The summed E-state index contributed by atoms with van der Waals surface area (Å²) in [6.07, 6.45) is 0. The molecule has 0 fully saturated rings. The predicted octanol–water partition coefficient (Wildman–Crippen LogP) is 0.0679. The molecule has 1 heterocycles. The van der Waals surface area contributed by atoms with Crippen molar-refractivity contribution in [3.8, 4) is 0 Å². The number of rotatable bonds is 1. The lowest BCUT2D eigenvalue weighted by molar-refractivity contribution is -0.119. The molecule has 1 rings (SSSR count). The molecule has 0 radical (unpaired) electrons. The summed E-state index contributed by atoms with van der Waals surface area (Å²) in [6.45, 7) is 3.77. The van der Waals surface area contributed by atoms with Gasteiger partial charge in [0.05, 0.1) is 5.71 Å². The van der Waals surface area contributed by atoms with Crippen molar-refractivity contribution < 1.29 is 4.79 Å². The van der Waals surface area contributed by atoms with Gasteiger partial charge in [-0.05, 0) is 6.92 Å². The molecule has 0 aromatic rings. The number of nitrogens with one attached hydrogen (secondary N) is 1. The quantitative estimate of drug-likeness (QED) is 0.475. The third-order valence-electron chi connectivity index (χ3n) is 1.75. The first-order valence-electron chi connectivity index (χ1n) is 3.15. The molecule has 1 unspecified atom stereocenters. The molecule has 1 atom stereocenters. The molecule has 10 heavy (non-hydrogen) atoms. The highest BCUT2D eigenvalue weighted by atomic mass is 79.9. The van der Waals surface area contributed by atoms with E-state index in [0.29, 0.717) is 0 Å². The van der Waals surface area contributed by atoms with Crippen molar-refractivity contribution >= 4 is 34.8 Å². The van der Waals surface area contributed by atoms with Crippen LogP contribution in [0.3, 0.4) is 0 Å². The lowest BCUT2D eigenvalue weighted by atomic mass is 9.64. The average molecular weight is 203 g/mol. The van der Waals surface area contributed by atoms with Crippen LogP contribution in [0.2, 0.25) is 6.82 Å². The van der Waals surface area contributed by atoms with Gasteiger partial charge in [-0.25, -0.2) is 5.43 Å². The van der Waals surface area contributed by atoms with Crippen LogP contribution in [0.4, 0.5) is 0 Å².